The smallest absolute Gasteiger partial charge is 0.162 e. The number of methoxy groups -OCH3 is 2. The molecular weight excluding hydrogens is 316 g/mol. The summed E-state index contributed by atoms with van der Waals surface area (Å²) in [6.45, 7) is 0.523. The lowest BCUT2D eigenvalue weighted by Gasteiger charge is -2.11. The van der Waals surface area contributed by atoms with E-state index in [9.17, 15) is 0 Å². The molecule has 4 aromatic rings. The maximum absolute atomic E-state index is 5.69. The van der Waals surface area contributed by atoms with E-state index in [2.05, 4.69) is 9.97 Å². The Morgan fingerprint density at radius 1 is 0.960 bits per heavy atom. The molecule has 4 rings (SSSR count). The molecule has 0 aliphatic carbocycles. The van der Waals surface area contributed by atoms with Crippen LogP contribution in [-0.4, -0.2) is 28.8 Å². The Hall–Kier alpha value is -3.12. The molecule has 6 nitrogen and oxygen atoms in total. The van der Waals surface area contributed by atoms with Gasteiger partial charge in [-0.1, -0.05) is 12.1 Å². The van der Waals surface area contributed by atoms with Gasteiger partial charge in [-0.3, -0.25) is 9.55 Å². The summed E-state index contributed by atoms with van der Waals surface area (Å²) >= 11 is 0. The van der Waals surface area contributed by atoms with Crippen LogP contribution in [0.1, 0.15) is 5.56 Å². The first-order chi connectivity index (χ1) is 12.2. The van der Waals surface area contributed by atoms with Gasteiger partial charge < -0.3 is 15.2 Å². The van der Waals surface area contributed by atoms with Gasteiger partial charge in [0.15, 0.2) is 11.5 Å². The van der Waals surface area contributed by atoms with Gasteiger partial charge in [-0.25, -0.2) is 4.98 Å². The number of aromatic nitrogens is 3. The number of nitrogens with zero attached hydrogens (tertiary/aromatic N) is 3. The van der Waals surface area contributed by atoms with E-state index in [1.165, 1.54) is 0 Å². The summed E-state index contributed by atoms with van der Waals surface area (Å²) in [6, 6.07) is 11.9. The molecule has 2 heterocycles. The van der Waals surface area contributed by atoms with Gasteiger partial charge in [-0.2, -0.15) is 0 Å². The van der Waals surface area contributed by atoms with E-state index in [1.54, 1.807) is 26.7 Å². The highest BCUT2D eigenvalue weighted by Crippen LogP contribution is 2.35. The van der Waals surface area contributed by atoms with Gasteiger partial charge in [0, 0.05) is 23.7 Å². The van der Waals surface area contributed by atoms with E-state index < -0.39 is 0 Å². The van der Waals surface area contributed by atoms with Crippen molar-refractivity contribution in [3.05, 3.63) is 54.5 Å². The summed E-state index contributed by atoms with van der Waals surface area (Å²) in [7, 11) is 3.24. The molecule has 2 aromatic carbocycles. The first-order valence-electron chi connectivity index (χ1n) is 7.92. The van der Waals surface area contributed by atoms with Crippen molar-refractivity contribution >= 4 is 21.9 Å². The van der Waals surface area contributed by atoms with Gasteiger partial charge in [0.25, 0.3) is 0 Å². The molecule has 0 bridgehead atoms. The molecule has 0 spiro atoms. The fourth-order valence-corrected chi connectivity index (χ4v) is 3.01. The molecule has 126 valence electrons. The molecule has 0 saturated carbocycles. The first kappa shape index (κ1) is 15.4. The van der Waals surface area contributed by atoms with Crippen molar-refractivity contribution < 1.29 is 9.47 Å². The van der Waals surface area contributed by atoms with E-state index in [1.807, 2.05) is 41.0 Å². The number of imidazole rings is 1. The molecule has 0 saturated heterocycles. The highest BCUT2D eigenvalue weighted by atomic mass is 16.5. The Balaban J connectivity index is 2.00. The van der Waals surface area contributed by atoms with Crippen molar-refractivity contribution in [2.75, 3.05) is 14.2 Å². The summed E-state index contributed by atoms with van der Waals surface area (Å²) in [6.07, 6.45) is 3.58. The van der Waals surface area contributed by atoms with Crippen LogP contribution in [0.2, 0.25) is 0 Å². The van der Waals surface area contributed by atoms with Crippen LogP contribution in [0.5, 0.6) is 11.5 Å². The maximum atomic E-state index is 5.69. The summed E-state index contributed by atoms with van der Waals surface area (Å²) in [5.41, 5.74) is 10.4. The number of ether oxygens (including phenoxy) is 2. The van der Waals surface area contributed by atoms with Gasteiger partial charge >= 0.3 is 0 Å². The molecule has 0 unspecified atom stereocenters. The predicted molar refractivity (Wildman–Crippen MR) is 97.4 cm³/mol. The van der Waals surface area contributed by atoms with Crippen LogP contribution in [0.3, 0.4) is 0 Å². The van der Waals surface area contributed by atoms with Crippen LogP contribution in [-0.2, 0) is 6.54 Å². The van der Waals surface area contributed by atoms with Crippen LogP contribution in [0, 0.1) is 0 Å². The fourth-order valence-electron chi connectivity index (χ4n) is 3.01. The zero-order valence-electron chi connectivity index (χ0n) is 14.1. The van der Waals surface area contributed by atoms with Crippen molar-refractivity contribution in [3.63, 3.8) is 0 Å². The molecule has 0 amide bonds. The van der Waals surface area contributed by atoms with Crippen LogP contribution < -0.4 is 15.2 Å². The number of pyridine rings is 1. The molecule has 0 fully saturated rings. The lowest BCUT2D eigenvalue weighted by Crippen LogP contribution is -1.98. The van der Waals surface area contributed by atoms with E-state index >= 15 is 0 Å². The van der Waals surface area contributed by atoms with Crippen LogP contribution in [0.15, 0.2) is 48.9 Å². The third-order valence-electron chi connectivity index (χ3n) is 4.33. The molecular formula is C19H18N4O2. The average molecular weight is 334 g/mol. The number of hydrogen-bond acceptors (Lipinski definition) is 5. The van der Waals surface area contributed by atoms with Crippen molar-refractivity contribution in [2.45, 2.75) is 6.54 Å². The van der Waals surface area contributed by atoms with Crippen molar-refractivity contribution in [1.29, 1.82) is 0 Å². The number of rotatable bonds is 4. The van der Waals surface area contributed by atoms with Crippen molar-refractivity contribution in [1.82, 2.24) is 14.5 Å². The van der Waals surface area contributed by atoms with Crippen LogP contribution in [0.4, 0.5) is 0 Å². The van der Waals surface area contributed by atoms with Gasteiger partial charge in [-0.15, -0.1) is 0 Å². The molecule has 6 heteroatoms. The summed E-state index contributed by atoms with van der Waals surface area (Å²) in [5.74, 6) is 1.32. The second kappa shape index (κ2) is 6.07. The molecule has 0 atom stereocenters. The number of benzene rings is 2. The molecule has 0 aliphatic rings. The molecule has 25 heavy (non-hydrogen) atoms. The minimum Gasteiger partial charge on any atom is -0.493 e. The Labute approximate surface area is 144 Å². The van der Waals surface area contributed by atoms with Gasteiger partial charge in [0.1, 0.15) is 11.8 Å². The van der Waals surface area contributed by atoms with Crippen LogP contribution >= 0.6 is 0 Å². The van der Waals surface area contributed by atoms with Gasteiger partial charge in [0.05, 0.1) is 31.4 Å². The van der Waals surface area contributed by atoms with E-state index in [4.69, 9.17) is 15.2 Å². The molecule has 0 radical (unpaired) electrons. The Morgan fingerprint density at radius 2 is 1.68 bits per heavy atom. The van der Waals surface area contributed by atoms with E-state index in [0.29, 0.717) is 18.0 Å². The van der Waals surface area contributed by atoms with Crippen molar-refractivity contribution in [2.24, 2.45) is 5.73 Å². The number of hydrogen-bond donors (Lipinski definition) is 1. The first-order valence-corrected chi connectivity index (χ1v) is 7.92. The fraction of sp³-hybridized carbons (Fsp3) is 0.158. The molecule has 2 N–H and O–H groups in total. The minimum atomic E-state index is 0.523. The lowest BCUT2D eigenvalue weighted by molar-refractivity contribution is 0.356. The predicted octanol–water partition coefficient (Wildman–Crippen LogP) is 3.05. The monoisotopic (exact) mass is 334 g/mol. The average Bonchev–Trinajstić information content (AvgIpc) is 3.11. The van der Waals surface area contributed by atoms with Gasteiger partial charge in [0.2, 0.25) is 0 Å². The molecule has 2 aromatic heterocycles. The van der Waals surface area contributed by atoms with E-state index in [-0.39, 0.29) is 0 Å². The number of nitrogens with two attached hydrogens (primary N) is 1. The summed E-state index contributed by atoms with van der Waals surface area (Å²) in [5, 5.41) is 0.954. The Morgan fingerprint density at radius 3 is 2.36 bits per heavy atom. The lowest BCUT2D eigenvalue weighted by atomic mass is 10.1. The Bertz CT molecular complexity index is 1050. The number of fused-ring (bicyclic) bond motifs is 3. The second-order valence-electron chi connectivity index (χ2n) is 5.70. The van der Waals surface area contributed by atoms with Gasteiger partial charge in [-0.05, 0) is 23.8 Å². The summed E-state index contributed by atoms with van der Waals surface area (Å²) < 4.78 is 12.9. The van der Waals surface area contributed by atoms with Crippen molar-refractivity contribution in [3.8, 4) is 17.2 Å². The van der Waals surface area contributed by atoms with E-state index in [0.717, 1.165) is 33.2 Å². The SMILES string of the molecule is COc1cc2ncc3ncn(-c4ccc(CN)cc4)c3c2cc1OC. The zero-order chi connectivity index (χ0) is 17.4. The second-order valence-corrected chi connectivity index (χ2v) is 5.70. The minimum absolute atomic E-state index is 0.523. The Kier molecular flexibility index (Phi) is 3.74. The standard InChI is InChI=1S/C19H18N4O2/c1-24-17-7-14-15(8-18(17)25-2)21-10-16-19(14)23(11-22-16)13-5-3-12(9-20)4-6-13/h3-8,10-11H,9,20H2,1-2H3. The summed E-state index contributed by atoms with van der Waals surface area (Å²) in [4.78, 5) is 8.99. The third kappa shape index (κ3) is 2.47. The quantitative estimate of drug-likeness (QED) is 0.621. The normalized spacial score (nSPS) is 11.2. The highest BCUT2D eigenvalue weighted by molar-refractivity contribution is 6.04. The largest absolute Gasteiger partial charge is 0.493 e. The highest BCUT2D eigenvalue weighted by Gasteiger charge is 2.14. The topological polar surface area (TPSA) is 75.2 Å². The molecule has 0 aliphatic heterocycles. The van der Waals surface area contributed by atoms with Crippen LogP contribution in [0.25, 0.3) is 27.6 Å². The third-order valence-corrected chi connectivity index (χ3v) is 4.33. The zero-order valence-corrected chi connectivity index (χ0v) is 14.1. The maximum Gasteiger partial charge on any atom is 0.162 e.